The Balaban J connectivity index is 1.82. The number of amides is 1. The van der Waals surface area contributed by atoms with Crippen LogP contribution in [0.5, 0.6) is 0 Å². The van der Waals surface area contributed by atoms with Crippen molar-refractivity contribution in [3.05, 3.63) is 99.8 Å². The van der Waals surface area contributed by atoms with Crippen LogP contribution < -0.4 is 10.7 Å². The number of pyridine rings is 1. The maximum atomic E-state index is 14.0. The number of hydrogen-bond acceptors (Lipinski definition) is 4. The number of fused-ring (bicyclic) bond motifs is 1. The van der Waals surface area contributed by atoms with Crippen LogP contribution in [0.15, 0.2) is 81.4 Å². The van der Waals surface area contributed by atoms with E-state index in [1.165, 1.54) is 10.6 Å². The molecular weight excluding hydrogens is 462 g/mol. The van der Waals surface area contributed by atoms with Crippen molar-refractivity contribution >= 4 is 32.3 Å². The summed E-state index contributed by atoms with van der Waals surface area (Å²) in [6, 6.07) is 12.9. The molecule has 3 aromatic carbocycles. The van der Waals surface area contributed by atoms with E-state index in [0.717, 1.165) is 53.7 Å². The van der Waals surface area contributed by atoms with E-state index in [1.54, 1.807) is 6.07 Å². The Labute approximate surface area is 194 Å². The van der Waals surface area contributed by atoms with Gasteiger partial charge < -0.3 is 9.88 Å². The summed E-state index contributed by atoms with van der Waals surface area (Å²) >= 11 is 0. The van der Waals surface area contributed by atoms with Crippen molar-refractivity contribution in [2.45, 2.75) is 30.2 Å². The number of aryl methyl sites for hydroxylation is 2. The number of nitrogens with zero attached hydrogens (tertiary/aromatic N) is 1. The third-order valence-electron chi connectivity index (χ3n) is 5.39. The van der Waals surface area contributed by atoms with Crippen LogP contribution in [0.2, 0.25) is 0 Å². The van der Waals surface area contributed by atoms with E-state index in [0.29, 0.717) is 5.69 Å². The molecule has 6 nitrogen and oxygen atoms in total. The number of anilines is 1. The predicted octanol–water partition coefficient (Wildman–Crippen LogP) is 4.37. The number of nitrogens with one attached hydrogen (secondary N) is 1. The second kappa shape index (κ2) is 8.83. The van der Waals surface area contributed by atoms with Gasteiger partial charge in [-0.2, -0.15) is 0 Å². The van der Waals surface area contributed by atoms with Gasteiger partial charge in [0.1, 0.15) is 23.1 Å². The minimum Gasteiger partial charge on any atom is -0.336 e. The van der Waals surface area contributed by atoms with Crippen LogP contribution in [-0.2, 0) is 21.2 Å². The minimum absolute atomic E-state index is 0.192. The van der Waals surface area contributed by atoms with E-state index < -0.39 is 37.7 Å². The molecule has 9 heteroatoms. The highest BCUT2D eigenvalue weighted by molar-refractivity contribution is 7.91. The summed E-state index contributed by atoms with van der Waals surface area (Å²) in [6.45, 7) is 3.43. The molecule has 4 rings (SSSR count). The Morgan fingerprint density at radius 3 is 2.29 bits per heavy atom. The van der Waals surface area contributed by atoms with Gasteiger partial charge in [-0.1, -0.05) is 17.7 Å². The molecule has 0 unspecified atom stereocenters. The fourth-order valence-corrected chi connectivity index (χ4v) is 5.07. The standard InChI is InChI=1S/C25H20F2N2O4S/c1-15-3-9-21(16(2)11-15)28-24(30)14-29-13-23(25(31)20-12-18(27)6-10-22(20)29)34(32,33)19-7-4-17(26)5-8-19/h3-13H,14H2,1-2H3,(H,28,30). The highest BCUT2D eigenvalue weighted by Crippen LogP contribution is 2.23. The lowest BCUT2D eigenvalue weighted by Gasteiger charge is -2.15. The van der Waals surface area contributed by atoms with Crippen LogP contribution in [0.3, 0.4) is 0 Å². The van der Waals surface area contributed by atoms with Crippen LogP contribution in [-0.4, -0.2) is 18.9 Å². The van der Waals surface area contributed by atoms with Crippen LogP contribution in [0.1, 0.15) is 11.1 Å². The average Bonchev–Trinajstić information content (AvgIpc) is 2.78. The molecule has 0 spiro atoms. The van der Waals surface area contributed by atoms with Gasteiger partial charge in [0, 0.05) is 17.3 Å². The Morgan fingerprint density at radius 1 is 0.941 bits per heavy atom. The summed E-state index contributed by atoms with van der Waals surface area (Å²) in [4.78, 5) is 24.9. The van der Waals surface area contributed by atoms with Crippen LogP contribution >= 0.6 is 0 Å². The minimum atomic E-state index is -4.37. The van der Waals surface area contributed by atoms with Crippen molar-refractivity contribution in [1.82, 2.24) is 4.57 Å². The molecule has 34 heavy (non-hydrogen) atoms. The first kappa shape index (κ1) is 23.3. The Bertz CT molecular complexity index is 1590. The molecule has 0 atom stereocenters. The maximum Gasteiger partial charge on any atom is 0.244 e. The van der Waals surface area contributed by atoms with Crippen molar-refractivity contribution in [3.8, 4) is 0 Å². The third-order valence-corrected chi connectivity index (χ3v) is 7.16. The second-order valence-corrected chi connectivity index (χ2v) is 9.85. The van der Waals surface area contributed by atoms with Gasteiger partial charge in [-0.25, -0.2) is 17.2 Å². The number of rotatable bonds is 5. The molecule has 0 saturated heterocycles. The molecule has 0 saturated carbocycles. The summed E-state index contributed by atoms with van der Waals surface area (Å²) < 4.78 is 54.9. The van der Waals surface area contributed by atoms with Gasteiger partial charge in [-0.3, -0.25) is 9.59 Å². The zero-order valence-corrected chi connectivity index (χ0v) is 19.1. The number of carbonyl (C=O) groups is 1. The third kappa shape index (κ3) is 4.47. The molecule has 0 bridgehead atoms. The second-order valence-electron chi connectivity index (χ2n) is 7.94. The van der Waals surface area contributed by atoms with Gasteiger partial charge >= 0.3 is 0 Å². The molecule has 0 aliphatic heterocycles. The first-order chi connectivity index (χ1) is 16.1. The van der Waals surface area contributed by atoms with Crippen LogP contribution in [0, 0.1) is 25.5 Å². The highest BCUT2D eigenvalue weighted by Gasteiger charge is 2.24. The van der Waals surface area contributed by atoms with E-state index in [1.807, 2.05) is 26.0 Å². The molecule has 0 aliphatic carbocycles. The number of carbonyl (C=O) groups excluding carboxylic acids is 1. The molecular formula is C25H20F2N2O4S. The lowest BCUT2D eigenvalue weighted by Crippen LogP contribution is -2.24. The predicted molar refractivity (Wildman–Crippen MR) is 125 cm³/mol. The topological polar surface area (TPSA) is 85.2 Å². The first-order valence-corrected chi connectivity index (χ1v) is 11.7. The van der Waals surface area contributed by atoms with Crippen molar-refractivity contribution in [3.63, 3.8) is 0 Å². The fourth-order valence-electron chi connectivity index (χ4n) is 3.70. The summed E-state index contributed by atoms with van der Waals surface area (Å²) in [6.07, 6.45) is 1.06. The van der Waals surface area contributed by atoms with Gasteiger partial charge in [0.25, 0.3) is 0 Å². The van der Waals surface area contributed by atoms with Crippen molar-refractivity contribution in [2.24, 2.45) is 0 Å². The van der Waals surface area contributed by atoms with Crippen LogP contribution in [0.4, 0.5) is 14.5 Å². The molecule has 0 fully saturated rings. The fraction of sp³-hybridized carbons (Fsp3) is 0.120. The van der Waals surface area contributed by atoms with Gasteiger partial charge in [-0.15, -0.1) is 0 Å². The summed E-state index contributed by atoms with van der Waals surface area (Å²) in [5.74, 6) is -1.83. The number of aromatic nitrogens is 1. The zero-order chi connectivity index (χ0) is 24.6. The van der Waals surface area contributed by atoms with Gasteiger partial charge in [0.2, 0.25) is 21.2 Å². The SMILES string of the molecule is Cc1ccc(NC(=O)Cn2cc(S(=O)(=O)c3ccc(F)cc3)c(=O)c3cc(F)ccc32)c(C)c1. The smallest absolute Gasteiger partial charge is 0.244 e. The Morgan fingerprint density at radius 2 is 1.62 bits per heavy atom. The van der Waals surface area contributed by atoms with Crippen molar-refractivity contribution in [1.29, 1.82) is 0 Å². The van der Waals surface area contributed by atoms with Gasteiger partial charge in [0.15, 0.2) is 0 Å². The summed E-state index contributed by atoms with van der Waals surface area (Å²) in [5, 5.41) is 2.58. The quantitative estimate of drug-likeness (QED) is 0.428. The lowest BCUT2D eigenvalue weighted by molar-refractivity contribution is -0.116. The average molecular weight is 483 g/mol. The van der Waals surface area contributed by atoms with Crippen molar-refractivity contribution in [2.75, 3.05) is 5.32 Å². The summed E-state index contributed by atoms with van der Waals surface area (Å²) in [7, 11) is -4.37. The molecule has 1 heterocycles. The lowest BCUT2D eigenvalue weighted by atomic mass is 10.1. The van der Waals surface area contributed by atoms with E-state index in [4.69, 9.17) is 0 Å². The molecule has 174 valence electrons. The monoisotopic (exact) mass is 482 g/mol. The number of sulfone groups is 1. The Kier molecular flexibility index (Phi) is 6.05. The number of halogens is 2. The largest absolute Gasteiger partial charge is 0.336 e. The maximum absolute atomic E-state index is 14.0. The molecule has 0 radical (unpaired) electrons. The van der Waals surface area contributed by atoms with E-state index >= 15 is 0 Å². The molecule has 1 N–H and O–H groups in total. The number of benzene rings is 3. The first-order valence-electron chi connectivity index (χ1n) is 10.3. The zero-order valence-electron chi connectivity index (χ0n) is 18.3. The van der Waals surface area contributed by atoms with Gasteiger partial charge in [0.05, 0.1) is 10.4 Å². The normalized spacial score (nSPS) is 11.5. The van der Waals surface area contributed by atoms with Crippen molar-refractivity contribution < 1.29 is 22.0 Å². The molecule has 4 aromatic rings. The van der Waals surface area contributed by atoms with E-state index in [-0.39, 0.29) is 22.3 Å². The molecule has 1 amide bonds. The number of hydrogen-bond donors (Lipinski definition) is 1. The van der Waals surface area contributed by atoms with Gasteiger partial charge in [-0.05, 0) is 67.9 Å². The van der Waals surface area contributed by atoms with Crippen LogP contribution in [0.25, 0.3) is 10.9 Å². The summed E-state index contributed by atoms with van der Waals surface area (Å²) in [5.41, 5.74) is 1.75. The molecule has 1 aromatic heterocycles. The molecule has 0 aliphatic rings. The Hall–Kier alpha value is -3.85. The van der Waals surface area contributed by atoms with E-state index in [2.05, 4.69) is 5.32 Å². The highest BCUT2D eigenvalue weighted by atomic mass is 32.2. The van der Waals surface area contributed by atoms with E-state index in [9.17, 15) is 26.8 Å².